The highest BCUT2D eigenvalue weighted by Crippen LogP contribution is 2.22. The quantitative estimate of drug-likeness (QED) is 0.859. The molecule has 0 atom stereocenters. The number of furan rings is 1. The zero-order valence-corrected chi connectivity index (χ0v) is 13.8. The third kappa shape index (κ3) is 3.44. The van der Waals surface area contributed by atoms with Crippen molar-refractivity contribution in [3.8, 4) is 0 Å². The standard InChI is InChI=1S/C16H22N4O3/c1-11(2)13-4-9-22-15(13)16(21)20-7-5-19(6-8-20)10-14-17-12(3)23-18-14/h4,9,11H,5-8,10H2,1-3H3. The molecule has 0 N–H and O–H groups in total. The van der Waals surface area contributed by atoms with Crippen LogP contribution in [0.15, 0.2) is 21.3 Å². The van der Waals surface area contributed by atoms with Crippen molar-refractivity contribution in [2.75, 3.05) is 26.2 Å². The van der Waals surface area contributed by atoms with Gasteiger partial charge in [-0.2, -0.15) is 4.98 Å². The van der Waals surface area contributed by atoms with Crippen molar-refractivity contribution in [1.82, 2.24) is 19.9 Å². The van der Waals surface area contributed by atoms with Gasteiger partial charge < -0.3 is 13.8 Å². The SMILES string of the molecule is Cc1nc(CN2CCN(C(=O)c3occc3C(C)C)CC2)no1. The van der Waals surface area contributed by atoms with Crippen LogP contribution in [0, 0.1) is 6.92 Å². The lowest BCUT2D eigenvalue weighted by Crippen LogP contribution is -2.48. The summed E-state index contributed by atoms with van der Waals surface area (Å²) in [7, 11) is 0. The maximum atomic E-state index is 12.6. The topological polar surface area (TPSA) is 75.6 Å². The van der Waals surface area contributed by atoms with Gasteiger partial charge in [-0.25, -0.2) is 0 Å². The number of amides is 1. The van der Waals surface area contributed by atoms with E-state index in [1.807, 2.05) is 11.0 Å². The van der Waals surface area contributed by atoms with Gasteiger partial charge in [0, 0.05) is 38.7 Å². The van der Waals surface area contributed by atoms with Crippen LogP contribution in [0.1, 0.15) is 47.6 Å². The minimum atomic E-state index is -0.0197. The second-order valence-corrected chi connectivity index (χ2v) is 6.16. The number of nitrogens with zero attached hydrogens (tertiary/aromatic N) is 4. The van der Waals surface area contributed by atoms with Crippen molar-refractivity contribution in [3.05, 3.63) is 35.4 Å². The van der Waals surface area contributed by atoms with Gasteiger partial charge in [-0.1, -0.05) is 19.0 Å². The predicted molar refractivity (Wildman–Crippen MR) is 83.0 cm³/mol. The summed E-state index contributed by atoms with van der Waals surface area (Å²) < 4.78 is 10.4. The van der Waals surface area contributed by atoms with E-state index in [4.69, 9.17) is 8.94 Å². The molecule has 3 rings (SSSR count). The third-order valence-corrected chi connectivity index (χ3v) is 4.11. The summed E-state index contributed by atoms with van der Waals surface area (Å²) in [5, 5.41) is 3.91. The van der Waals surface area contributed by atoms with Gasteiger partial charge in [0.05, 0.1) is 12.8 Å². The Morgan fingerprint density at radius 3 is 2.65 bits per heavy atom. The average molecular weight is 318 g/mol. The molecule has 7 heteroatoms. The van der Waals surface area contributed by atoms with Crippen LogP contribution in [0.5, 0.6) is 0 Å². The largest absolute Gasteiger partial charge is 0.459 e. The second kappa shape index (κ2) is 6.54. The molecule has 0 saturated carbocycles. The molecule has 1 fully saturated rings. The number of carbonyl (C=O) groups is 1. The smallest absolute Gasteiger partial charge is 0.289 e. The van der Waals surface area contributed by atoms with Gasteiger partial charge in [0.25, 0.3) is 5.91 Å². The minimum Gasteiger partial charge on any atom is -0.459 e. The van der Waals surface area contributed by atoms with Crippen LogP contribution in [0.25, 0.3) is 0 Å². The normalized spacial score (nSPS) is 16.3. The maximum Gasteiger partial charge on any atom is 0.289 e. The van der Waals surface area contributed by atoms with Gasteiger partial charge in [0.2, 0.25) is 5.89 Å². The van der Waals surface area contributed by atoms with Crippen molar-refractivity contribution in [1.29, 1.82) is 0 Å². The Morgan fingerprint density at radius 2 is 2.04 bits per heavy atom. The van der Waals surface area contributed by atoms with E-state index < -0.39 is 0 Å². The molecule has 23 heavy (non-hydrogen) atoms. The van der Waals surface area contributed by atoms with Crippen LogP contribution in [-0.4, -0.2) is 52.0 Å². The van der Waals surface area contributed by atoms with Crippen molar-refractivity contribution < 1.29 is 13.7 Å². The summed E-state index contributed by atoms with van der Waals surface area (Å²) in [6, 6.07) is 1.88. The Kier molecular flexibility index (Phi) is 4.47. The first kappa shape index (κ1) is 15.7. The zero-order valence-electron chi connectivity index (χ0n) is 13.8. The fraction of sp³-hybridized carbons (Fsp3) is 0.562. The molecular formula is C16H22N4O3. The molecule has 0 aliphatic carbocycles. The van der Waals surface area contributed by atoms with Gasteiger partial charge >= 0.3 is 0 Å². The van der Waals surface area contributed by atoms with Crippen molar-refractivity contribution in [3.63, 3.8) is 0 Å². The molecule has 1 amide bonds. The first-order valence-electron chi connectivity index (χ1n) is 7.93. The average Bonchev–Trinajstić information content (AvgIpc) is 3.16. The molecule has 0 radical (unpaired) electrons. The van der Waals surface area contributed by atoms with Crippen LogP contribution in [0.4, 0.5) is 0 Å². The van der Waals surface area contributed by atoms with Crippen molar-refractivity contribution >= 4 is 5.91 Å². The van der Waals surface area contributed by atoms with Gasteiger partial charge in [-0.3, -0.25) is 9.69 Å². The highest BCUT2D eigenvalue weighted by molar-refractivity contribution is 5.93. The Hall–Kier alpha value is -2.15. The van der Waals surface area contributed by atoms with E-state index in [2.05, 4.69) is 28.9 Å². The minimum absolute atomic E-state index is 0.0197. The Bertz CT molecular complexity index is 668. The molecule has 1 aliphatic rings. The highest BCUT2D eigenvalue weighted by Gasteiger charge is 2.27. The summed E-state index contributed by atoms with van der Waals surface area (Å²) in [4.78, 5) is 20.9. The first-order valence-corrected chi connectivity index (χ1v) is 7.93. The monoisotopic (exact) mass is 318 g/mol. The third-order valence-electron chi connectivity index (χ3n) is 4.11. The number of carbonyl (C=O) groups excluding carboxylic acids is 1. The molecule has 0 spiro atoms. The lowest BCUT2D eigenvalue weighted by atomic mass is 10.0. The first-order chi connectivity index (χ1) is 11.0. The summed E-state index contributed by atoms with van der Waals surface area (Å²) >= 11 is 0. The number of rotatable bonds is 4. The van der Waals surface area contributed by atoms with Gasteiger partial charge in [-0.05, 0) is 12.0 Å². The molecule has 1 saturated heterocycles. The van der Waals surface area contributed by atoms with Crippen molar-refractivity contribution in [2.24, 2.45) is 0 Å². The van der Waals surface area contributed by atoms with Crippen LogP contribution in [-0.2, 0) is 6.54 Å². The fourth-order valence-corrected chi connectivity index (χ4v) is 2.81. The predicted octanol–water partition coefficient (Wildman–Crippen LogP) is 2.05. The van der Waals surface area contributed by atoms with E-state index in [0.717, 1.165) is 18.7 Å². The molecule has 0 unspecified atom stereocenters. The Labute approximate surface area is 135 Å². The molecular weight excluding hydrogens is 296 g/mol. The van der Waals surface area contributed by atoms with Gasteiger partial charge in [-0.15, -0.1) is 0 Å². The molecule has 3 heterocycles. The van der Waals surface area contributed by atoms with Gasteiger partial charge in [0.1, 0.15) is 0 Å². The number of piperazine rings is 1. The fourth-order valence-electron chi connectivity index (χ4n) is 2.81. The summed E-state index contributed by atoms with van der Waals surface area (Å²) in [6.45, 7) is 9.48. The zero-order chi connectivity index (χ0) is 16.4. The molecule has 2 aromatic rings. The molecule has 0 aromatic carbocycles. The Balaban J connectivity index is 1.58. The van der Waals surface area contributed by atoms with Crippen LogP contribution in [0.2, 0.25) is 0 Å². The lowest BCUT2D eigenvalue weighted by molar-refractivity contribution is 0.0592. The number of aromatic nitrogens is 2. The molecule has 1 aliphatic heterocycles. The number of aryl methyl sites for hydroxylation is 1. The van der Waals surface area contributed by atoms with Gasteiger partial charge in [0.15, 0.2) is 11.6 Å². The van der Waals surface area contributed by atoms with Crippen LogP contribution < -0.4 is 0 Å². The van der Waals surface area contributed by atoms with E-state index in [0.29, 0.717) is 37.1 Å². The van der Waals surface area contributed by atoms with Crippen LogP contribution >= 0.6 is 0 Å². The number of hydrogen-bond acceptors (Lipinski definition) is 6. The molecule has 7 nitrogen and oxygen atoms in total. The second-order valence-electron chi connectivity index (χ2n) is 6.16. The molecule has 0 bridgehead atoms. The van der Waals surface area contributed by atoms with E-state index in [-0.39, 0.29) is 11.8 Å². The van der Waals surface area contributed by atoms with Crippen molar-refractivity contribution in [2.45, 2.75) is 33.2 Å². The van der Waals surface area contributed by atoms with E-state index in [9.17, 15) is 4.79 Å². The van der Waals surface area contributed by atoms with Crippen LogP contribution in [0.3, 0.4) is 0 Å². The molecule has 2 aromatic heterocycles. The summed E-state index contributed by atoms with van der Waals surface area (Å²) in [5.41, 5.74) is 0.972. The maximum absolute atomic E-state index is 12.6. The van der Waals surface area contributed by atoms with E-state index >= 15 is 0 Å². The van der Waals surface area contributed by atoms with E-state index in [1.54, 1.807) is 13.2 Å². The lowest BCUT2D eigenvalue weighted by Gasteiger charge is -2.33. The molecule has 124 valence electrons. The highest BCUT2D eigenvalue weighted by atomic mass is 16.5. The Morgan fingerprint density at radius 1 is 1.30 bits per heavy atom. The summed E-state index contributed by atoms with van der Waals surface area (Å²) in [5.74, 6) is 2.00. The number of hydrogen-bond donors (Lipinski definition) is 0. The van der Waals surface area contributed by atoms with E-state index in [1.165, 1.54) is 0 Å². The summed E-state index contributed by atoms with van der Waals surface area (Å²) in [6.07, 6.45) is 1.59.